The molecular weight excluding hydrogens is 314 g/mol. The maximum Gasteiger partial charge on any atom is 0.253 e. The Bertz CT molecular complexity index is 687. The van der Waals surface area contributed by atoms with Crippen molar-refractivity contribution in [2.45, 2.75) is 54.5 Å². The van der Waals surface area contributed by atoms with Gasteiger partial charge in [0.05, 0.1) is 14.6 Å². The van der Waals surface area contributed by atoms with Crippen LogP contribution in [0.1, 0.15) is 48.5 Å². The molecule has 1 aliphatic carbocycles. The second-order valence-corrected chi connectivity index (χ2v) is 8.72. The fraction of sp³-hybridized carbons (Fsp3) is 0.500. The van der Waals surface area contributed by atoms with Crippen molar-refractivity contribution in [3.8, 4) is 10.6 Å². The molecule has 1 fully saturated rings. The third-order valence-corrected chi connectivity index (χ3v) is 7.21. The quantitative estimate of drug-likeness (QED) is 0.897. The van der Waals surface area contributed by atoms with Crippen LogP contribution in [0.5, 0.6) is 0 Å². The zero-order chi connectivity index (χ0) is 15.1. The summed E-state index contributed by atoms with van der Waals surface area (Å²) in [7, 11) is 0. The van der Waals surface area contributed by atoms with Crippen LogP contribution in [0.4, 0.5) is 0 Å². The van der Waals surface area contributed by atoms with Gasteiger partial charge in [0.1, 0.15) is 5.69 Å². The number of H-pyrrole nitrogens is 1. The SMILES string of the molecule is CC1Cc2c(-c3cc[nH]n3)sc(SC3CCCC3)c2C(=O)N1. The lowest BCUT2D eigenvalue weighted by Gasteiger charge is -2.21. The number of aromatic amines is 1. The Morgan fingerprint density at radius 3 is 2.91 bits per heavy atom. The van der Waals surface area contributed by atoms with Crippen LogP contribution in [0.25, 0.3) is 10.6 Å². The second-order valence-electron chi connectivity index (χ2n) is 6.13. The number of hydrogen-bond donors (Lipinski definition) is 2. The van der Waals surface area contributed by atoms with E-state index in [4.69, 9.17) is 0 Å². The van der Waals surface area contributed by atoms with Gasteiger partial charge in [-0.1, -0.05) is 12.8 Å². The molecule has 116 valence electrons. The topological polar surface area (TPSA) is 57.8 Å². The number of carbonyl (C=O) groups is 1. The third kappa shape index (κ3) is 2.48. The van der Waals surface area contributed by atoms with Crippen molar-refractivity contribution in [1.82, 2.24) is 15.5 Å². The van der Waals surface area contributed by atoms with Gasteiger partial charge in [0.15, 0.2) is 0 Å². The summed E-state index contributed by atoms with van der Waals surface area (Å²) in [5.41, 5.74) is 3.06. The van der Waals surface area contributed by atoms with Crippen molar-refractivity contribution in [1.29, 1.82) is 0 Å². The molecule has 2 aliphatic rings. The van der Waals surface area contributed by atoms with E-state index in [2.05, 4.69) is 22.4 Å². The Morgan fingerprint density at radius 1 is 1.36 bits per heavy atom. The summed E-state index contributed by atoms with van der Waals surface area (Å²) in [6.45, 7) is 2.07. The van der Waals surface area contributed by atoms with E-state index in [0.717, 1.165) is 17.7 Å². The first-order valence-corrected chi connectivity index (χ1v) is 9.55. The van der Waals surface area contributed by atoms with Gasteiger partial charge in [0, 0.05) is 17.5 Å². The number of rotatable bonds is 3. The first kappa shape index (κ1) is 14.3. The zero-order valence-corrected chi connectivity index (χ0v) is 14.1. The Kier molecular flexibility index (Phi) is 3.74. The number of hydrogen-bond acceptors (Lipinski definition) is 4. The van der Waals surface area contributed by atoms with Crippen LogP contribution < -0.4 is 5.32 Å². The standard InChI is InChI=1S/C16H19N3OS2/c1-9-8-11-13(15(20)18-9)16(21-10-4-2-3-5-10)22-14(11)12-6-7-17-19-12/h6-7,9-10H,2-5,8H2,1H3,(H,17,19)(H,18,20). The summed E-state index contributed by atoms with van der Waals surface area (Å²) in [4.78, 5) is 13.7. The van der Waals surface area contributed by atoms with E-state index in [1.165, 1.54) is 40.3 Å². The van der Waals surface area contributed by atoms with E-state index in [1.54, 1.807) is 11.3 Å². The Hall–Kier alpha value is -1.27. The predicted molar refractivity (Wildman–Crippen MR) is 90.6 cm³/mol. The lowest BCUT2D eigenvalue weighted by Crippen LogP contribution is -2.39. The van der Waals surface area contributed by atoms with E-state index in [0.29, 0.717) is 5.25 Å². The number of fused-ring (bicyclic) bond motifs is 1. The van der Waals surface area contributed by atoms with Crippen molar-refractivity contribution in [3.05, 3.63) is 23.4 Å². The highest BCUT2D eigenvalue weighted by Gasteiger charge is 2.32. The van der Waals surface area contributed by atoms with Crippen LogP contribution in [0, 0.1) is 0 Å². The van der Waals surface area contributed by atoms with E-state index < -0.39 is 0 Å². The van der Waals surface area contributed by atoms with Crippen molar-refractivity contribution in [2.75, 3.05) is 0 Å². The molecule has 0 spiro atoms. The van der Waals surface area contributed by atoms with Gasteiger partial charge < -0.3 is 5.32 Å². The largest absolute Gasteiger partial charge is 0.349 e. The van der Waals surface area contributed by atoms with Gasteiger partial charge in [-0.3, -0.25) is 9.89 Å². The molecule has 4 nitrogen and oxygen atoms in total. The molecule has 4 rings (SSSR count). The molecule has 22 heavy (non-hydrogen) atoms. The molecule has 3 heterocycles. The molecule has 0 saturated heterocycles. The molecule has 6 heteroatoms. The van der Waals surface area contributed by atoms with Crippen LogP contribution in [0.3, 0.4) is 0 Å². The average molecular weight is 333 g/mol. The predicted octanol–water partition coefficient (Wildman–Crippen LogP) is 3.85. The molecule has 1 atom stereocenters. The van der Waals surface area contributed by atoms with E-state index in [-0.39, 0.29) is 11.9 Å². The van der Waals surface area contributed by atoms with Gasteiger partial charge in [-0.2, -0.15) is 5.10 Å². The average Bonchev–Trinajstić information content (AvgIpc) is 3.19. The molecular formula is C16H19N3OS2. The molecule has 2 aromatic rings. The number of thioether (sulfide) groups is 1. The normalized spacial score (nSPS) is 21.9. The summed E-state index contributed by atoms with van der Waals surface area (Å²) >= 11 is 3.65. The van der Waals surface area contributed by atoms with Crippen LogP contribution in [0.15, 0.2) is 16.5 Å². The first-order valence-electron chi connectivity index (χ1n) is 7.85. The minimum absolute atomic E-state index is 0.0901. The minimum Gasteiger partial charge on any atom is -0.349 e. The number of amides is 1. The Labute approximate surface area is 138 Å². The molecule has 1 unspecified atom stereocenters. The number of carbonyl (C=O) groups excluding carboxylic acids is 1. The van der Waals surface area contributed by atoms with Gasteiger partial charge in [0.2, 0.25) is 0 Å². The Morgan fingerprint density at radius 2 is 2.18 bits per heavy atom. The van der Waals surface area contributed by atoms with Gasteiger partial charge in [-0.25, -0.2) is 0 Å². The second kappa shape index (κ2) is 5.74. The number of nitrogens with zero attached hydrogens (tertiary/aromatic N) is 1. The van der Waals surface area contributed by atoms with Crippen LogP contribution in [0.2, 0.25) is 0 Å². The molecule has 0 aromatic carbocycles. The highest BCUT2D eigenvalue weighted by atomic mass is 32.2. The zero-order valence-electron chi connectivity index (χ0n) is 12.5. The van der Waals surface area contributed by atoms with Crippen molar-refractivity contribution in [3.63, 3.8) is 0 Å². The summed E-state index contributed by atoms with van der Waals surface area (Å²) in [5, 5.41) is 11.0. The fourth-order valence-corrected chi connectivity index (χ4v) is 6.44. The van der Waals surface area contributed by atoms with Crippen LogP contribution in [-0.4, -0.2) is 27.4 Å². The monoisotopic (exact) mass is 333 g/mol. The highest BCUT2D eigenvalue weighted by Crippen LogP contribution is 2.46. The summed E-state index contributed by atoms with van der Waals surface area (Å²) in [6.07, 6.45) is 7.92. The van der Waals surface area contributed by atoms with Crippen LogP contribution in [-0.2, 0) is 6.42 Å². The van der Waals surface area contributed by atoms with Crippen molar-refractivity contribution < 1.29 is 4.79 Å². The van der Waals surface area contributed by atoms with E-state index in [1.807, 2.05) is 24.0 Å². The minimum atomic E-state index is 0.0901. The van der Waals surface area contributed by atoms with Gasteiger partial charge in [-0.05, 0) is 37.8 Å². The summed E-state index contributed by atoms with van der Waals surface area (Å²) < 4.78 is 1.18. The summed E-state index contributed by atoms with van der Waals surface area (Å²) in [5.74, 6) is 0.0901. The third-order valence-electron chi connectivity index (χ3n) is 4.40. The summed E-state index contributed by atoms with van der Waals surface area (Å²) in [6, 6.07) is 2.18. The van der Waals surface area contributed by atoms with Crippen molar-refractivity contribution in [2.24, 2.45) is 0 Å². The maximum atomic E-state index is 12.5. The number of nitrogens with one attached hydrogen (secondary N) is 2. The van der Waals surface area contributed by atoms with Crippen molar-refractivity contribution >= 4 is 29.0 Å². The van der Waals surface area contributed by atoms with Gasteiger partial charge >= 0.3 is 0 Å². The number of thiophene rings is 1. The lowest BCUT2D eigenvalue weighted by atomic mass is 9.97. The number of aromatic nitrogens is 2. The molecule has 1 aliphatic heterocycles. The van der Waals surface area contributed by atoms with Crippen LogP contribution >= 0.6 is 23.1 Å². The van der Waals surface area contributed by atoms with E-state index >= 15 is 0 Å². The molecule has 1 amide bonds. The highest BCUT2D eigenvalue weighted by molar-refractivity contribution is 8.01. The molecule has 1 saturated carbocycles. The first-order chi connectivity index (χ1) is 10.7. The molecule has 2 aromatic heterocycles. The molecule has 0 radical (unpaired) electrons. The van der Waals surface area contributed by atoms with Gasteiger partial charge in [-0.15, -0.1) is 23.1 Å². The van der Waals surface area contributed by atoms with Gasteiger partial charge in [0.25, 0.3) is 5.91 Å². The maximum absolute atomic E-state index is 12.5. The lowest BCUT2D eigenvalue weighted by molar-refractivity contribution is 0.0927. The molecule has 0 bridgehead atoms. The fourth-order valence-electron chi connectivity index (χ4n) is 3.35. The van der Waals surface area contributed by atoms with E-state index in [9.17, 15) is 4.79 Å². The Balaban J connectivity index is 1.78. The molecule has 2 N–H and O–H groups in total. The smallest absolute Gasteiger partial charge is 0.253 e.